The SMILES string of the molecule is CC(=O)Nc1ccc2cc3ccccc3c(Br)c2c1. The molecule has 0 aliphatic carbocycles. The lowest BCUT2D eigenvalue weighted by Gasteiger charge is -2.09. The Kier molecular flexibility index (Phi) is 2.99. The number of carbonyl (C=O) groups excluding carboxylic acids is 1. The first-order valence-corrected chi connectivity index (χ1v) is 6.83. The number of halogens is 1. The molecule has 0 aliphatic heterocycles. The Balaban J connectivity index is 2.30. The van der Waals surface area contributed by atoms with E-state index in [9.17, 15) is 4.79 Å². The molecule has 0 aromatic heterocycles. The molecule has 0 spiro atoms. The fourth-order valence-corrected chi connectivity index (χ4v) is 2.99. The van der Waals surface area contributed by atoms with Crippen LogP contribution >= 0.6 is 15.9 Å². The number of anilines is 1. The minimum Gasteiger partial charge on any atom is -0.326 e. The van der Waals surface area contributed by atoms with Crippen LogP contribution in [0.3, 0.4) is 0 Å². The Morgan fingerprint density at radius 2 is 1.74 bits per heavy atom. The molecule has 1 amide bonds. The van der Waals surface area contributed by atoms with Crippen molar-refractivity contribution in [1.82, 2.24) is 0 Å². The van der Waals surface area contributed by atoms with Crippen molar-refractivity contribution in [2.75, 3.05) is 5.32 Å². The van der Waals surface area contributed by atoms with Gasteiger partial charge in [0.15, 0.2) is 0 Å². The normalized spacial score (nSPS) is 10.8. The Bertz CT molecular complexity index is 795. The number of benzene rings is 3. The highest BCUT2D eigenvalue weighted by atomic mass is 79.9. The maximum absolute atomic E-state index is 11.1. The van der Waals surface area contributed by atoms with E-state index in [2.05, 4.69) is 39.4 Å². The Morgan fingerprint density at radius 3 is 2.53 bits per heavy atom. The molecule has 0 bridgehead atoms. The van der Waals surface area contributed by atoms with Crippen molar-refractivity contribution in [2.45, 2.75) is 6.92 Å². The fourth-order valence-electron chi connectivity index (χ4n) is 2.29. The second kappa shape index (κ2) is 4.67. The molecule has 0 atom stereocenters. The van der Waals surface area contributed by atoms with Gasteiger partial charge in [0.2, 0.25) is 5.91 Å². The molecule has 3 aromatic carbocycles. The number of amides is 1. The Hall–Kier alpha value is -1.87. The van der Waals surface area contributed by atoms with Crippen LogP contribution in [0.5, 0.6) is 0 Å². The number of carbonyl (C=O) groups is 1. The fraction of sp³-hybridized carbons (Fsp3) is 0.0625. The topological polar surface area (TPSA) is 29.1 Å². The lowest BCUT2D eigenvalue weighted by Crippen LogP contribution is -2.05. The summed E-state index contributed by atoms with van der Waals surface area (Å²) in [5.74, 6) is -0.0590. The van der Waals surface area contributed by atoms with Gasteiger partial charge in [0.25, 0.3) is 0 Å². The van der Waals surface area contributed by atoms with Crippen LogP contribution in [0.4, 0.5) is 5.69 Å². The Morgan fingerprint density at radius 1 is 1.00 bits per heavy atom. The minimum absolute atomic E-state index is 0.0590. The number of hydrogen-bond donors (Lipinski definition) is 1. The molecule has 0 saturated carbocycles. The molecular formula is C16H12BrNO. The molecule has 0 fully saturated rings. The van der Waals surface area contributed by atoms with E-state index in [-0.39, 0.29) is 5.91 Å². The predicted molar refractivity (Wildman–Crippen MR) is 83.5 cm³/mol. The molecule has 94 valence electrons. The molecular weight excluding hydrogens is 302 g/mol. The van der Waals surface area contributed by atoms with Crippen molar-refractivity contribution in [2.24, 2.45) is 0 Å². The maximum Gasteiger partial charge on any atom is 0.221 e. The van der Waals surface area contributed by atoms with Gasteiger partial charge in [-0.05, 0) is 55.7 Å². The van der Waals surface area contributed by atoms with Crippen LogP contribution in [-0.4, -0.2) is 5.91 Å². The summed E-state index contributed by atoms with van der Waals surface area (Å²) in [6, 6.07) is 16.3. The zero-order chi connectivity index (χ0) is 13.4. The zero-order valence-corrected chi connectivity index (χ0v) is 12.0. The van der Waals surface area contributed by atoms with Crippen molar-refractivity contribution in [3.8, 4) is 0 Å². The average molecular weight is 314 g/mol. The van der Waals surface area contributed by atoms with Crippen LogP contribution in [-0.2, 0) is 4.79 Å². The molecule has 3 rings (SSSR count). The van der Waals surface area contributed by atoms with Gasteiger partial charge in [0.1, 0.15) is 0 Å². The second-order valence-corrected chi connectivity index (χ2v) is 5.32. The van der Waals surface area contributed by atoms with Gasteiger partial charge in [-0.15, -0.1) is 0 Å². The van der Waals surface area contributed by atoms with Crippen molar-refractivity contribution < 1.29 is 4.79 Å². The van der Waals surface area contributed by atoms with Gasteiger partial charge < -0.3 is 5.32 Å². The molecule has 0 heterocycles. The molecule has 3 heteroatoms. The second-order valence-electron chi connectivity index (χ2n) is 4.53. The quantitative estimate of drug-likeness (QED) is 0.647. The van der Waals surface area contributed by atoms with E-state index >= 15 is 0 Å². The largest absolute Gasteiger partial charge is 0.326 e. The summed E-state index contributed by atoms with van der Waals surface area (Å²) >= 11 is 3.67. The van der Waals surface area contributed by atoms with Crippen molar-refractivity contribution in [1.29, 1.82) is 0 Å². The van der Waals surface area contributed by atoms with Crippen LogP contribution in [0.25, 0.3) is 21.5 Å². The van der Waals surface area contributed by atoms with E-state index in [4.69, 9.17) is 0 Å². The lowest BCUT2D eigenvalue weighted by molar-refractivity contribution is -0.114. The van der Waals surface area contributed by atoms with Gasteiger partial charge >= 0.3 is 0 Å². The van der Waals surface area contributed by atoms with E-state index < -0.39 is 0 Å². The summed E-state index contributed by atoms with van der Waals surface area (Å²) in [6.07, 6.45) is 0. The molecule has 0 radical (unpaired) electrons. The number of rotatable bonds is 1. The third kappa shape index (κ3) is 2.22. The van der Waals surface area contributed by atoms with Crippen molar-refractivity contribution in [3.63, 3.8) is 0 Å². The van der Waals surface area contributed by atoms with E-state index in [0.717, 1.165) is 20.9 Å². The third-order valence-corrected chi connectivity index (χ3v) is 3.97. The monoisotopic (exact) mass is 313 g/mol. The predicted octanol–water partition coefficient (Wildman–Crippen LogP) is 4.71. The molecule has 3 aromatic rings. The number of hydrogen-bond acceptors (Lipinski definition) is 1. The van der Waals surface area contributed by atoms with Crippen LogP contribution in [0.1, 0.15) is 6.92 Å². The smallest absolute Gasteiger partial charge is 0.221 e. The van der Waals surface area contributed by atoms with Crippen molar-refractivity contribution in [3.05, 3.63) is 53.0 Å². The standard InChI is InChI=1S/C16H12BrNO/c1-10(19)18-13-7-6-12-8-11-4-2-3-5-14(11)16(17)15(12)9-13/h2-9H,1H3,(H,18,19). The highest BCUT2D eigenvalue weighted by Crippen LogP contribution is 2.34. The molecule has 2 nitrogen and oxygen atoms in total. The van der Waals surface area contributed by atoms with Gasteiger partial charge in [-0.2, -0.15) is 0 Å². The van der Waals surface area contributed by atoms with Gasteiger partial charge in [-0.3, -0.25) is 4.79 Å². The van der Waals surface area contributed by atoms with Crippen LogP contribution < -0.4 is 5.32 Å². The molecule has 19 heavy (non-hydrogen) atoms. The maximum atomic E-state index is 11.1. The first-order chi connectivity index (χ1) is 9.15. The molecule has 0 aliphatic rings. The first-order valence-electron chi connectivity index (χ1n) is 6.04. The Labute approximate surface area is 119 Å². The van der Waals surface area contributed by atoms with Crippen molar-refractivity contribution >= 4 is 49.1 Å². The number of nitrogens with one attached hydrogen (secondary N) is 1. The van der Waals surface area contributed by atoms with Gasteiger partial charge in [-0.25, -0.2) is 0 Å². The van der Waals surface area contributed by atoms with E-state index in [0.29, 0.717) is 0 Å². The molecule has 0 unspecified atom stereocenters. The third-order valence-electron chi connectivity index (χ3n) is 3.12. The average Bonchev–Trinajstić information content (AvgIpc) is 2.39. The van der Waals surface area contributed by atoms with Gasteiger partial charge in [-0.1, -0.05) is 30.3 Å². The highest BCUT2D eigenvalue weighted by Gasteiger charge is 2.06. The summed E-state index contributed by atoms with van der Waals surface area (Å²) in [5, 5.41) is 7.45. The minimum atomic E-state index is -0.0590. The summed E-state index contributed by atoms with van der Waals surface area (Å²) in [4.78, 5) is 11.1. The molecule has 0 saturated heterocycles. The van der Waals surface area contributed by atoms with Crippen LogP contribution in [0, 0.1) is 0 Å². The highest BCUT2D eigenvalue weighted by molar-refractivity contribution is 9.10. The summed E-state index contributed by atoms with van der Waals surface area (Å²) in [6.45, 7) is 1.51. The first kappa shape index (κ1) is 12.2. The van der Waals surface area contributed by atoms with E-state index in [1.807, 2.05) is 30.3 Å². The zero-order valence-electron chi connectivity index (χ0n) is 10.4. The number of fused-ring (bicyclic) bond motifs is 2. The summed E-state index contributed by atoms with van der Waals surface area (Å²) in [7, 11) is 0. The van der Waals surface area contributed by atoms with E-state index in [1.165, 1.54) is 17.7 Å². The van der Waals surface area contributed by atoms with Crippen LogP contribution in [0.2, 0.25) is 0 Å². The van der Waals surface area contributed by atoms with Gasteiger partial charge in [0, 0.05) is 17.1 Å². The summed E-state index contributed by atoms with van der Waals surface area (Å²) < 4.78 is 1.06. The molecule has 1 N–H and O–H groups in total. The summed E-state index contributed by atoms with van der Waals surface area (Å²) in [5.41, 5.74) is 0.816. The lowest BCUT2D eigenvalue weighted by atomic mass is 10.0. The van der Waals surface area contributed by atoms with Gasteiger partial charge in [0.05, 0.1) is 0 Å². The van der Waals surface area contributed by atoms with Crippen LogP contribution in [0.15, 0.2) is 53.0 Å². The van der Waals surface area contributed by atoms with E-state index in [1.54, 1.807) is 0 Å².